The van der Waals surface area contributed by atoms with Crippen molar-refractivity contribution in [2.45, 2.75) is 46.5 Å². The highest BCUT2D eigenvalue weighted by Crippen LogP contribution is 2.26. The molecule has 0 saturated carbocycles. The van der Waals surface area contributed by atoms with Crippen LogP contribution in [0.3, 0.4) is 0 Å². The summed E-state index contributed by atoms with van der Waals surface area (Å²) in [7, 11) is 0. The predicted molar refractivity (Wildman–Crippen MR) is 80.5 cm³/mol. The fourth-order valence-electron chi connectivity index (χ4n) is 2.11. The molecule has 0 N–H and O–H groups in total. The van der Waals surface area contributed by atoms with Gasteiger partial charge in [-0.05, 0) is 37.3 Å². The van der Waals surface area contributed by atoms with E-state index < -0.39 is 0 Å². The molecular formula is C15H22ClN3. The third kappa shape index (κ3) is 2.92. The van der Waals surface area contributed by atoms with Crippen molar-refractivity contribution in [1.82, 2.24) is 14.5 Å². The number of aromatic nitrogens is 3. The lowest BCUT2D eigenvalue weighted by Crippen LogP contribution is -2.15. The molecule has 2 rings (SSSR count). The highest BCUT2D eigenvalue weighted by Gasteiger charge is 2.18. The summed E-state index contributed by atoms with van der Waals surface area (Å²) in [4.78, 5) is 9.19. The molecule has 0 saturated heterocycles. The summed E-state index contributed by atoms with van der Waals surface area (Å²) in [6.45, 7) is 11.7. The highest BCUT2D eigenvalue weighted by atomic mass is 35.5. The number of hydrogen-bond donors (Lipinski definition) is 0. The molecule has 3 nitrogen and oxygen atoms in total. The zero-order valence-electron chi connectivity index (χ0n) is 12.3. The van der Waals surface area contributed by atoms with E-state index in [0.717, 1.165) is 29.1 Å². The Morgan fingerprint density at radius 1 is 1.26 bits per heavy atom. The van der Waals surface area contributed by atoms with Crippen LogP contribution < -0.4 is 0 Å². The van der Waals surface area contributed by atoms with Gasteiger partial charge < -0.3 is 4.57 Å². The van der Waals surface area contributed by atoms with Gasteiger partial charge in [-0.15, -0.1) is 11.6 Å². The maximum Gasteiger partial charge on any atom is 0.160 e. The molecule has 0 spiro atoms. The second-order valence-electron chi connectivity index (χ2n) is 5.77. The molecule has 4 heteroatoms. The number of pyridine rings is 1. The Hall–Kier alpha value is -1.09. The van der Waals surface area contributed by atoms with Crippen molar-refractivity contribution >= 4 is 22.8 Å². The zero-order chi connectivity index (χ0) is 14.2. The van der Waals surface area contributed by atoms with Crippen molar-refractivity contribution in [3.8, 4) is 0 Å². The zero-order valence-corrected chi connectivity index (χ0v) is 13.1. The summed E-state index contributed by atoms with van der Waals surface area (Å²) in [5.41, 5.74) is 3.02. The molecule has 0 aliphatic heterocycles. The van der Waals surface area contributed by atoms with E-state index in [0.29, 0.717) is 11.8 Å². The van der Waals surface area contributed by atoms with E-state index in [1.165, 1.54) is 0 Å². The molecule has 0 aliphatic carbocycles. The van der Waals surface area contributed by atoms with Gasteiger partial charge in [-0.3, -0.25) is 0 Å². The Morgan fingerprint density at radius 2 is 1.95 bits per heavy atom. The van der Waals surface area contributed by atoms with E-state index in [1.54, 1.807) is 0 Å². The summed E-state index contributed by atoms with van der Waals surface area (Å²) in [6, 6.07) is 2.07. The van der Waals surface area contributed by atoms with Crippen LogP contribution in [-0.2, 0) is 6.54 Å². The normalized spacial score (nSPS) is 15.1. The summed E-state index contributed by atoms with van der Waals surface area (Å²) >= 11 is 6.27. The largest absolute Gasteiger partial charge is 0.311 e. The van der Waals surface area contributed by atoms with E-state index in [2.05, 4.69) is 41.4 Å². The predicted octanol–water partition coefficient (Wildman–Crippen LogP) is 4.33. The standard InChI is InChI=1S/C15H22ClN3/c1-9(2)11(4)8-19-14(12(5)16)18-13-6-10(3)7-17-15(13)19/h6-7,9,11-12H,8H2,1-5H3. The summed E-state index contributed by atoms with van der Waals surface area (Å²) in [5.74, 6) is 2.11. The lowest BCUT2D eigenvalue weighted by Gasteiger charge is -2.18. The Bertz CT molecular complexity index is 572. The van der Waals surface area contributed by atoms with E-state index in [4.69, 9.17) is 11.6 Å². The molecule has 2 aromatic heterocycles. The van der Waals surface area contributed by atoms with Crippen LogP contribution in [0.15, 0.2) is 12.3 Å². The molecule has 2 heterocycles. The summed E-state index contributed by atoms with van der Waals surface area (Å²) in [6.07, 6.45) is 1.89. The topological polar surface area (TPSA) is 30.7 Å². The van der Waals surface area contributed by atoms with Crippen LogP contribution >= 0.6 is 11.6 Å². The average molecular weight is 280 g/mol. The van der Waals surface area contributed by atoms with Gasteiger partial charge in [0.05, 0.1) is 5.38 Å². The van der Waals surface area contributed by atoms with Gasteiger partial charge in [0.2, 0.25) is 0 Å². The van der Waals surface area contributed by atoms with Gasteiger partial charge in [0, 0.05) is 12.7 Å². The first kappa shape index (κ1) is 14.3. The van der Waals surface area contributed by atoms with Gasteiger partial charge in [-0.1, -0.05) is 20.8 Å². The van der Waals surface area contributed by atoms with Crippen molar-refractivity contribution in [2.75, 3.05) is 0 Å². The SMILES string of the molecule is Cc1cnc2c(c1)nc(C(C)Cl)n2CC(C)C(C)C. The van der Waals surface area contributed by atoms with Crippen molar-refractivity contribution in [3.05, 3.63) is 23.7 Å². The Kier molecular flexibility index (Phi) is 4.14. The number of hydrogen-bond acceptors (Lipinski definition) is 2. The summed E-state index contributed by atoms with van der Waals surface area (Å²) < 4.78 is 2.18. The minimum Gasteiger partial charge on any atom is -0.311 e. The van der Waals surface area contributed by atoms with Gasteiger partial charge in [-0.2, -0.15) is 0 Å². The molecule has 0 bridgehead atoms. The van der Waals surface area contributed by atoms with Crippen molar-refractivity contribution in [2.24, 2.45) is 11.8 Å². The minimum absolute atomic E-state index is 0.103. The van der Waals surface area contributed by atoms with Gasteiger partial charge in [0.15, 0.2) is 5.65 Å². The third-order valence-electron chi connectivity index (χ3n) is 3.72. The molecule has 0 radical (unpaired) electrons. The number of imidazole rings is 1. The Labute approximate surface area is 120 Å². The number of rotatable bonds is 4. The molecule has 19 heavy (non-hydrogen) atoms. The highest BCUT2D eigenvalue weighted by molar-refractivity contribution is 6.20. The van der Waals surface area contributed by atoms with Crippen molar-refractivity contribution < 1.29 is 0 Å². The Balaban J connectivity index is 2.52. The van der Waals surface area contributed by atoms with E-state index in [-0.39, 0.29) is 5.38 Å². The molecule has 0 amide bonds. The number of nitrogens with zero attached hydrogens (tertiary/aromatic N) is 3. The maximum atomic E-state index is 6.27. The van der Waals surface area contributed by atoms with Crippen molar-refractivity contribution in [1.29, 1.82) is 0 Å². The minimum atomic E-state index is -0.103. The number of aryl methyl sites for hydroxylation is 1. The second kappa shape index (κ2) is 5.49. The van der Waals surface area contributed by atoms with Crippen LogP contribution in [-0.4, -0.2) is 14.5 Å². The van der Waals surface area contributed by atoms with E-state index >= 15 is 0 Å². The fraction of sp³-hybridized carbons (Fsp3) is 0.600. The van der Waals surface area contributed by atoms with Crippen molar-refractivity contribution in [3.63, 3.8) is 0 Å². The molecule has 0 fully saturated rings. The summed E-state index contributed by atoms with van der Waals surface area (Å²) in [5, 5.41) is -0.103. The van der Waals surface area contributed by atoms with Gasteiger partial charge in [-0.25, -0.2) is 9.97 Å². The quantitative estimate of drug-likeness (QED) is 0.780. The lowest BCUT2D eigenvalue weighted by molar-refractivity contribution is 0.363. The number of halogens is 1. The second-order valence-corrected chi connectivity index (χ2v) is 6.43. The van der Waals surface area contributed by atoms with Crippen LogP contribution in [0.25, 0.3) is 11.2 Å². The molecule has 0 aromatic carbocycles. The first-order valence-corrected chi connectivity index (χ1v) is 7.30. The fourth-order valence-corrected chi connectivity index (χ4v) is 2.28. The van der Waals surface area contributed by atoms with Crippen LogP contribution in [0.5, 0.6) is 0 Å². The maximum absolute atomic E-state index is 6.27. The first-order valence-electron chi connectivity index (χ1n) is 6.87. The van der Waals surface area contributed by atoms with E-state index in [1.807, 2.05) is 20.0 Å². The molecule has 2 aromatic rings. The lowest BCUT2D eigenvalue weighted by atomic mass is 9.98. The monoisotopic (exact) mass is 279 g/mol. The molecule has 0 aliphatic rings. The third-order valence-corrected chi connectivity index (χ3v) is 3.91. The van der Waals surface area contributed by atoms with Gasteiger partial charge >= 0.3 is 0 Å². The molecular weight excluding hydrogens is 258 g/mol. The van der Waals surface area contributed by atoms with Crippen LogP contribution in [0.4, 0.5) is 0 Å². The van der Waals surface area contributed by atoms with Crippen LogP contribution in [0, 0.1) is 18.8 Å². The molecule has 104 valence electrons. The number of alkyl halides is 1. The van der Waals surface area contributed by atoms with Crippen LogP contribution in [0.2, 0.25) is 0 Å². The smallest absolute Gasteiger partial charge is 0.160 e. The Morgan fingerprint density at radius 3 is 2.53 bits per heavy atom. The van der Waals surface area contributed by atoms with Gasteiger partial charge in [0.1, 0.15) is 11.3 Å². The van der Waals surface area contributed by atoms with E-state index in [9.17, 15) is 0 Å². The average Bonchev–Trinajstić information content (AvgIpc) is 2.67. The molecule has 2 unspecified atom stereocenters. The van der Waals surface area contributed by atoms with Crippen LogP contribution in [0.1, 0.15) is 44.5 Å². The molecule has 2 atom stereocenters. The van der Waals surface area contributed by atoms with Gasteiger partial charge in [0.25, 0.3) is 0 Å². The first-order chi connectivity index (χ1) is 8.90. The number of fused-ring (bicyclic) bond motifs is 1.